The highest BCUT2D eigenvalue weighted by atomic mass is 35.5. The lowest BCUT2D eigenvalue weighted by Gasteiger charge is -2.26. The van der Waals surface area contributed by atoms with Crippen LogP contribution in [0.25, 0.3) is 5.57 Å². The topological polar surface area (TPSA) is 20.2 Å². The molecule has 2 rings (SSSR count). The first-order chi connectivity index (χ1) is 8.02. The van der Waals surface area contributed by atoms with Crippen molar-refractivity contribution in [3.8, 4) is 0 Å². The van der Waals surface area contributed by atoms with Gasteiger partial charge in [0.1, 0.15) is 0 Å². The summed E-state index contributed by atoms with van der Waals surface area (Å²) < 4.78 is 26.5. The van der Waals surface area contributed by atoms with Crippen LogP contribution in [-0.4, -0.2) is 17.6 Å². The lowest BCUT2D eigenvalue weighted by atomic mass is 9.85. The number of hydrogen-bond acceptors (Lipinski definition) is 1. The normalized spacial score (nSPS) is 19.5. The van der Waals surface area contributed by atoms with Gasteiger partial charge in [-0.1, -0.05) is 23.7 Å². The van der Waals surface area contributed by atoms with E-state index in [4.69, 9.17) is 11.6 Å². The average molecular weight is 259 g/mol. The highest BCUT2D eigenvalue weighted by Crippen LogP contribution is 2.40. The largest absolute Gasteiger partial charge is 0.392 e. The van der Waals surface area contributed by atoms with Crippen molar-refractivity contribution in [1.82, 2.24) is 0 Å². The zero-order chi connectivity index (χ0) is 12.5. The van der Waals surface area contributed by atoms with Gasteiger partial charge >= 0.3 is 0 Å². The highest BCUT2D eigenvalue weighted by Gasteiger charge is 2.35. The van der Waals surface area contributed by atoms with Crippen LogP contribution in [0.1, 0.15) is 24.8 Å². The molecular formula is C13H13ClF2O. The van der Waals surface area contributed by atoms with Crippen molar-refractivity contribution in [2.45, 2.75) is 25.2 Å². The van der Waals surface area contributed by atoms with Crippen LogP contribution < -0.4 is 0 Å². The third-order valence-corrected chi connectivity index (χ3v) is 3.28. The molecule has 0 spiro atoms. The van der Waals surface area contributed by atoms with E-state index in [0.717, 1.165) is 11.1 Å². The summed E-state index contributed by atoms with van der Waals surface area (Å²) in [5.74, 6) is -2.69. The summed E-state index contributed by atoms with van der Waals surface area (Å²) in [7, 11) is 0. The molecule has 0 saturated carbocycles. The van der Waals surface area contributed by atoms with Crippen LogP contribution >= 0.6 is 11.6 Å². The van der Waals surface area contributed by atoms with Crippen LogP contribution in [0.4, 0.5) is 8.78 Å². The molecule has 1 aromatic rings. The summed E-state index contributed by atoms with van der Waals surface area (Å²) in [5.41, 5.74) is 2.13. The van der Waals surface area contributed by atoms with Gasteiger partial charge in [-0.2, -0.15) is 0 Å². The predicted octanol–water partition coefficient (Wildman–Crippen LogP) is 3.91. The quantitative estimate of drug-likeness (QED) is 0.853. The van der Waals surface area contributed by atoms with Gasteiger partial charge < -0.3 is 5.11 Å². The number of allylic oxidation sites excluding steroid dienone is 1. The SMILES string of the molecule is OCC1=C(c2ccc(Cl)cc2)CCC(F)(F)C1. The summed E-state index contributed by atoms with van der Waals surface area (Å²) in [6.45, 7) is -0.312. The second-order valence-corrected chi connectivity index (χ2v) is 4.72. The number of rotatable bonds is 2. The number of alkyl halides is 2. The maximum Gasteiger partial charge on any atom is 0.252 e. The molecular weight excluding hydrogens is 246 g/mol. The zero-order valence-electron chi connectivity index (χ0n) is 9.22. The Bertz CT molecular complexity index is 437. The van der Waals surface area contributed by atoms with Crippen LogP contribution in [0.3, 0.4) is 0 Å². The second-order valence-electron chi connectivity index (χ2n) is 4.28. The summed E-state index contributed by atoms with van der Waals surface area (Å²) in [6.07, 6.45) is -0.208. The van der Waals surface area contributed by atoms with E-state index >= 15 is 0 Å². The lowest BCUT2D eigenvalue weighted by Crippen LogP contribution is -2.23. The molecule has 0 atom stereocenters. The minimum atomic E-state index is -2.69. The number of aliphatic hydroxyl groups is 1. The van der Waals surface area contributed by atoms with Crippen molar-refractivity contribution in [2.24, 2.45) is 0 Å². The third-order valence-electron chi connectivity index (χ3n) is 3.02. The fraction of sp³-hybridized carbons (Fsp3) is 0.385. The molecule has 0 aromatic heterocycles. The van der Waals surface area contributed by atoms with Gasteiger partial charge in [0.15, 0.2) is 0 Å². The van der Waals surface area contributed by atoms with Gasteiger partial charge in [0.25, 0.3) is 5.92 Å². The Morgan fingerprint density at radius 3 is 2.47 bits per heavy atom. The first-order valence-corrected chi connectivity index (χ1v) is 5.85. The standard InChI is InChI=1S/C13H13ClF2O/c14-11-3-1-9(2-4-11)12-5-6-13(15,16)7-10(12)8-17/h1-4,17H,5-8H2. The Labute approximate surface area is 104 Å². The van der Waals surface area contributed by atoms with E-state index in [1.54, 1.807) is 24.3 Å². The van der Waals surface area contributed by atoms with Gasteiger partial charge in [-0.3, -0.25) is 0 Å². The number of hydrogen-bond donors (Lipinski definition) is 1. The molecule has 1 aliphatic rings. The Kier molecular flexibility index (Phi) is 3.50. The number of aliphatic hydroxyl groups excluding tert-OH is 1. The Balaban J connectivity index is 2.36. The molecule has 17 heavy (non-hydrogen) atoms. The first kappa shape index (κ1) is 12.5. The fourth-order valence-electron chi connectivity index (χ4n) is 2.14. The van der Waals surface area contributed by atoms with Gasteiger partial charge in [0, 0.05) is 17.9 Å². The van der Waals surface area contributed by atoms with Crippen LogP contribution in [0.15, 0.2) is 29.8 Å². The van der Waals surface area contributed by atoms with E-state index in [1.165, 1.54) is 0 Å². The molecule has 4 heteroatoms. The van der Waals surface area contributed by atoms with Crippen molar-refractivity contribution in [3.05, 3.63) is 40.4 Å². The first-order valence-electron chi connectivity index (χ1n) is 5.47. The summed E-state index contributed by atoms with van der Waals surface area (Å²) in [5, 5.41) is 9.80. The molecule has 0 saturated heterocycles. The number of halogens is 3. The minimum absolute atomic E-state index is 0.158. The zero-order valence-corrected chi connectivity index (χ0v) is 9.97. The van der Waals surface area contributed by atoms with Crippen LogP contribution in [-0.2, 0) is 0 Å². The van der Waals surface area contributed by atoms with Crippen molar-refractivity contribution < 1.29 is 13.9 Å². The van der Waals surface area contributed by atoms with Gasteiger partial charge in [-0.25, -0.2) is 8.78 Å². The second kappa shape index (κ2) is 4.75. The predicted molar refractivity (Wildman–Crippen MR) is 64.3 cm³/mol. The molecule has 0 fully saturated rings. The summed E-state index contributed by atoms with van der Waals surface area (Å²) in [6, 6.07) is 7.06. The smallest absolute Gasteiger partial charge is 0.252 e. The van der Waals surface area contributed by atoms with E-state index in [0.29, 0.717) is 17.0 Å². The van der Waals surface area contributed by atoms with E-state index in [2.05, 4.69) is 0 Å². The summed E-state index contributed by atoms with van der Waals surface area (Å²) in [4.78, 5) is 0. The molecule has 0 radical (unpaired) electrons. The Morgan fingerprint density at radius 2 is 1.88 bits per heavy atom. The van der Waals surface area contributed by atoms with Gasteiger partial charge in [0.2, 0.25) is 0 Å². The van der Waals surface area contributed by atoms with Crippen molar-refractivity contribution in [3.63, 3.8) is 0 Å². The van der Waals surface area contributed by atoms with Gasteiger partial charge in [0.05, 0.1) is 6.61 Å². The van der Waals surface area contributed by atoms with Crippen molar-refractivity contribution in [2.75, 3.05) is 6.61 Å². The minimum Gasteiger partial charge on any atom is -0.392 e. The van der Waals surface area contributed by atoms with Gasteiger partial charge in [-0.05, 0) is 35.3 Å². The molecule has 0 bridgehead atoms. The molecule has 0 heterocycles. The Hall–Kier alpha value is -0.930. The van der Waals surface area contributed by atoms with Crippen molar-refractivity contribution in [1.29, 1.82) is 0 Å². The molecule has 1 N–H and O–H groups in total. The lowest BCUT2D eigenvalue weighted by molar-refractivity contribution is -0.0116. The third kappa shape index (κ3) is 2.85. The maximum absolute atomic E-state index is 13.2. The van der Waals surface area contributed by atoms with Crippen LogP contribution in [0, 0.1) is 0 Å². The van der Waals surface area contributed by atoms with E-state index in [-0.39, 0.29) is 19.4 Å². The van der Waals surface area contributed by atoms with Crippen molar-refractivity contribution >= 4 is 17.2 Å². The fourth-order valence-corrected chi connectivity index (χ4v) is 2.27. The molecule has 0 amide bonds. The molecule has 0 aliphatic heterocycles. The van der Waals surface area contributed by atoms with Gasteiger partial charge in [-0.15, -0.1) is 0 Å². The molecule has 1 aromatic carbocycles. The maximum atomic E-state index is 13.2. The summed E-state index contributed by atoms with van der Waals surface area (Å²) >= 11 is 5.78. The monoisotopic (exact) mass is 258 g/mol. The van der Waals surface area contributed by atoms with E-state index in [1.807, 2.05) is 0 Å². The molecule has 1 aliphatic carbocycles. The molecule has 0 unspecified atom stereocenters. The number of benzene rings is 1. The Morgan fingerprint density at radius 1 is 1.24 bits per heavy atom. The van der Waals surface area contributed by atoms with E-state index < -0.39 is 5.92 Å². The van der Waals surface area contributed by atoms with E-state index in [9.17, 15) is 13.9 Å². The average Bonchev–Trinajstić information content (AvgIpc) is 2.29. The highest BCUT2D eigenvalue weighted by molar-refractivity contribution is 6.30. The molecule has 1 nitrogen and oxygen atoms in total. The molecule has 92 valence electrons. The van der Waals surface area contributed by atoms with Crippen LogP contribution in [0.5, 0.6) is 0 Å². The van der Waals surface area contributed by atoms with Crippen LogP contribution in [0.2, 0.25) is 5.02 Å².